The number of hydrogen-bond donors (Lipinski definition) is 1. The molecule has 4 nitrogen and oxygen atoms in total. The number of nitrogens with one attached hydrogen (secondary N) is 1. The van der Waals surface area contributed by atoms with E-state index >= 15 is 0 Å². The summed E-state index contributed by atoms with van der Waals surface area (Å²) < 4.78 is 15.2. The third kappa shape index (κ3) is 4.01. The van der Waals surface area contributed by atoms with Crippen LogP contribution in [0.3, 0.4) is 0 Å². The van der Waals surface area contributed by atoms with Crippen LogP contribution in [-0.4, -0.2) is 16.7 Å². The highest BCUT2D eigenvalue weighted by Crippen LogP contribution is 2.27. The van der Waals surface area contributed by atoms with E-state index in [1.165, 1.54) is 29.6 Å². The van der Waals surface area contributed by atoms with E-state index in [2.05, 4.69) is 41.1 Å². The lowest BCUT2D eigenvalue weighted by molar-refractivity contribution is 0.0955. The molecule has 5 heteroatoms. The lowest BCUT2D eigenvalue weighted by Gasteiger charge is -2.09. The fraction of sp³-hybridized carbons (Fsp3) is 0.120. The van der Waals surface area contributed by atoms with Gasteiger partial charge in [-0.15, -0.1) is 0 Å². The van der Waals surface area contributed by atoms with E-state index in [1.807, 2.05) is 36.4 Å². The normalized spacial score (nSPS) is 11.3. The summed E-state index contributed by atoms with van der Waals surface area (Å²) in [7, 11) is 0. The van der Waals surface area contributed by atoms with Crippen LogP contribution in [0.1, 0.15) is 32.7 Å². The number of carbonyl (C=O) groups excluding carboxylic acids is 1. The van der Waals surface area contributed by atoms with E-state index in [-0.39, 0.29) is 11.7 Å². The predicted octanol–water partition coefficient (Wildman–Crippen LogP) is 5.21. The molecule has 4 rings (SSSR count). The molecule has 150 valence electrons. The van der Waals surface area contributed by atoms with Gasteiger partial charge < -0.3 is 4.57 Å². The smallest absolute Gasteiger partial charge is 0.271 e. The van der Waals surface area contributed by atoms with Crippen molar-refractivity contribution in [2.75, 3.05) is 0 Å². The molecule has 0 saturated heterocycles. The number of hydrogen-bond acceptors (Lipinski definition) is 2. The third-order valence-corrected chi connectivity index (χ3v) is 5.33. The quantitative estimate of drug-likeness (QED) is 0.363. The minimum absolute atomic E-state index is 0.289. The Morgan fingerprint density at radius 1 is 1.03 bits per heavy atom. The lowest BCUT2D eigenvalue weighted by atomic mass is 10.1. The summed E-state index contributed by atoms with van der Waals surface area (Å²) in [5.74, 6) is -0.600. The molecule has 0 fully saturated rings. The van der Waals surface area contributed by atoms with Crippen molar-refractivity contribution in [2.45, 2.75) is 20.4 Å². The Morgan fingerprint density at radius 2 is 1.77 bits per heavy atom. The second kappa shape index (κ2) is 8.33. The molecule has 30 heavy (non-hydrogen) atoms. The van der Waals surface area contributed by atoms with Crippen LogP contribution >= 0.6 is 0 Å². The summed E-state index contributed by atoms with van der Waals surface area (Å²) in [6.07, 6.45) is 1.49. The molecule has 0 bridgehead atoms. The molecular formula is C25H22FN3O. The largest absolute Gasteiger partial charge is 0.340 e. The first-order valence-corrected chi connectivity index (χ1v) is 9.75. The first kappa shape index (κ1) is 19.6. The molecule has 0 saturated carbocycles. The summed E-state index contributed by atoms with van der Waals surface area (Å²) in [5, 5.41) is 5.03. The number of nitrogens with zero attached hydrogens (tertiary/aromatic N) is 2. The molecule has 0 spiro atoms. The summed E-state index contributed by atoms with van der Waals surface area (Å²) >= 11 is 0. The Kier molecular flexibility index (Phi) is 5.44. The molecule has 0 atom stereocenters. The van der Waals surface area contributed by atoms with Gasteiger partial charge in [-0.2, -0.15) is 5.10 Å². The van der Waals surface area contributed by atoms with Gasteiger partial charge in [-0.3, -0.25) is 4.79 Å². The van der Waals surface area contributed by atoms with Gasteiger partial charge in [0.2, 0.25) is 0 Å². The Labute approximate surface area is 174 Å². The van der Waals surface area contributed by atoms with E-state index in [4.69, 9.17) is 0 Å². The maximum atomic E-state index is 13.0. The van der Waals surface area contributed by atoms with Crippen LogP contribution in [0.4, 0.5) is 4.39 Å². The highest BCUT2D eigenvalue weighted by molar-refractivity contribution is 5.99. The first-order valence-electron chi connectivity index (χ1n) is 9.75. The number of aryl methyl sites for hydroxylation is 1. The standard InChI is InChI=1S/C25H22FN3O/c1-17-18(2)29(16-20-6-4-3-5-7-20)24-13-10-21(14-23(17)24)25(30)28-27-15-19-8-11-22(26)12-9-19/h3-15H,16H2,1-2H3,(H,28,30). The van der Waals surface area contributed by atoms with Crippen LogP contribution in [0.2, 0.25) is 0 Å². The number of carbonyl (C=O) groups is 1. The minimum Gasteiger partial charge on any atom is -0.340 e. The van der Waals surface area contributed by atoms with Crippen molar-refractivity contribution in [3.8, 4) is 0 Å². The molecule has 0 unspecified atom stereocenters. The Hall–Kier alpha value is -3.73. The predicted molar refractivity (Wildman–Crippen MR) is 118 cm³/mol. The summed E-state index contributed by atoms with van der Waals surface area (Å²) in [6, 6.07) is 21.9. The molecule has 0 aliphatic rings. The molecule has 1 aromatic heterocycles. The molecule has 1 amide bonds. The van der Waals surface area contributed by atoms with Gasteiger partial charge in [0.1, 0.15) is 5.82 Å². The molecule has 0 radical (unpaired) electrons. The van der Waals surface area contributed by atoms with E-state index in [1.54, 1.807) is 12.1 Å². The number of benzene rings is 3. The zero-order chi connectivity index (χ0) is 21.1. The zero-order valence-electron chi connectivity index (χ0n) is 16.9. The Bertz CT molecular complexity index is 1220. The van der Waals surface area contributed by atoms with Crippen LogP contribution in [0.25, 0.3) is 10.9 Å². The van der Waals surface area contributed by atoms with Gasteiger partial charge in [0.25, 0.3) is 5.91 Å². The van der Waals surface area contributed by atoms with Gasteiger partial charge in [-0.25, -0.2) is 9.82 Å². The topological polar surface area (TPSA) is 46.4 Å². The molecule has 1 heterocycles. The van der Waals surface area contributed by atoms with E-state index in [0.717, 1.165) is 23.0 Å². The van der Waals surface area contributed by atoms with E-state index in [0.29, 0.717) is 11.1 Å². The van der Waals surface area contributed by atoms with Gasteiger partial charge >= 0.3 is 0 Å². The Morgan fingerprint density at radius 3 is 2.50 bits per heavy atom. The van der Waals surface area contributed by atoms with Crippen LogP contribution < -0.4 is 5.43 Å². The van der Waals surface area contributed by atoms with E-state index < -0.39 is 0 Å². The van der Waals surface area contributed by atoms with Gasteiger partial charge in [-0.1, -0.05) is 42.5 Å². The van der Waals surface area contributed by atoms with Crippen molar-refractivity contribution < 1.29 is 9.18 Å². The van der Waals surface area contributed by atoms with Crippen LogP contribution in [0.5, 0.6) is 0 Å². The molecule has 3 aromatic carbocycles. The molecule has 0 aliphatic carbocycles. The van der Waals surface area contributed by atoms with Crippen molar-refractivity contribution in [1.29, 1.82) is 0 Å². The molecule has 4 aromatic rings. The van der Waals surface area contributed by atoms with Crippen LogP contribution in [0.15, 0.2) is 77.9 Å². The SMILES string of the molecule is Cc1c(C)n(Cc2ccccc2)c2ccc(C(=O)NN=Cc3ccc(F)cc3)cc12. The van der Waals surface area contributed by atoms with Gasteiger partial charge in [0.05, 0.1) is 6.21 Å². The Balaban J connectivity index is 1.56. The number of aromatic nitrogens is 1. The summed E-state index contributed by atoms with van der Waals surface area (Å²) in [5.41, 5.74) is 8.45. The maximum Gasteiger partial charge on any atom is 0.271 e. The van der Waals surface area contributed by atoms with Crippen molar-refractivity contribution >= 4 is 23.0 Å². The molecular weight excluding hydrogens is 377 g/mol. The highest BCUT2D eigenvalue weighted by Gasteiger charge is 2.14. The fourth-order valence-electron chi connectivity index (χ4n) is 3.54. The average molecular weight is 399 g/mol. The van der Waals surface area contributed by atoms with Crippen molar-refractivity contribution in [3.63, 3.8) is 0 Å². The number of fused-ring (bicyclic) bond motifs is 1. The van der Waals surface area contributed by atoms with Gasteiger partial charge in [0.15, 0.2) is 0 Å². The number of hydrazone groups is 1. The van der Waals surface area contributed by atoms with E-state index in [9.17, 15) is 9.18 Å². The van der Waals surface area contributed by atoms with Crippen LogP contribution in [0, 0.1) is 19.7 Å². The first-order chi connectivity index (χ1) is 14.5. The van der Waals surface area contributed by atoms with Crippen molar-refractivity contribution in [1.82, 2.24) is 9.99 Å². The van der Waals surface area contributed by atoms with Gasteiger partial charge in [0, 0.05) is 28.7 Å². The lowest BCUT2D eigenvalue weighted by Crippen LogP contribution is -2.17. The molecule has 0 aliphatic heterocycles. The minimum atomic E-state index is -0.311. The summed E-state index contributed by atoms with van der Waals surface area (Å²) in [4.78, 5) is 12.5. The molecule has 1 N–H and O–H groups in total. The number of halogens is 1. The average Bonchev–Trinajstić information content (AvgIpc) is 3.00. The number of amides is 1. The van der Waals surface area contributed by atoms with Crippen molar-refractivity contribution in [3.05, 3.63) is 107 Å². The second-order valence-electron chi connectivity index (χ2n) is 7.26. The summed E-state index contributed by atoms with van der Waals surface area (Å²) in [6.45, 7) is 4.96. The van der Waals surface area contributed by atoms with Crippen molar-refractivity contribution in [2.24, 2.45) is 5.10 Å². The number of rotatable bonds is 5. The van der Waals surface area contributed by atoms with Crippen LogP contribution in [-0.2, 0) is 6.54 Å². The highest BCUT2D eigenvalue weighted by atomic mass is 19.1. The second-order valence-corrected chi connectivity index (χ2v) is 7.26. The zero-order valence-corrected chi connectivity index (χ0v) is 16.9. The maximum absolute atomic E-state index is 13.0. The fourth-order valence-corrected chi connectivity index (χ4v) is 3.54. The third-order valence-electron chi connectivity index (χ3n) is 5.33. The monoisotopic (exact) mass is 399 g/mol. The van der Waals surface area contributed by atoms with Gasteiger partial charge in [-0.05, 0) is 60.9 Å².